The number of halogens is 1. The number of aromatic nitrogens is 1. The number of carbonyl (C=O) groups is 1. The van der Waals surface area contributed by atoms with Crippen molar-refractivity contribution in [1.82, 2.24) is 9.88 Å². The minimum Gasteiger partial charge on any atom is -0.350 e. The van der Waals surface area contributed by atoms with Gasteiger partial charge in [0, 0.05) is 23.5 Å². The molecule has 1 aliphatic heterocycles. The molecule has 1 N–H and O–H groups in total. The first-order chi connectivity index (χ1) is 10.5. The molecule has 1 aromatic carbocycles. The summed E-state index contributed by atoms with van der Waals surface area (Å²) in [7, 11) is 0. The number of benzene rings is 1. The third kappa shape index (κ3) is 2.97. The Balaban J connectivity index is 1.70. The zero-order valence-electron chi connectivity index (χ0n) is 12.5. The van der Waals surface area contributed by atoms with Gasteiger partial charge in [-0.15, -0.1) is 11.3 Å². The Kier molecular flexibility index (Phi) is 4.11. The predicted octanol–water partition coefficient (Wildman–Crippen LogP) is 3.37. The lowest BCUT2D eigenvalue weighted by atomic mass is 10.2. The minimum atomic E-state index is -0.261. The lowest BCUT2D eigenvalue weighted by molar-refractivity contribution is -0.129. The molecule has 22 heavy (non-hydrogen) atoms. The van der Waals surface area contributed by atoms with Crippen LogP contribution in [0.1, 0.15) is 20.3 Å². The van der Waals surface area contributed by atoms with E-state index in [1.807, 2.05) is 24.1 Å². The fourth-order valence-corrected chi connectivity index (χ4v) is 3.36. The van der Waals surface area contributed by atoms with Gasteiger partial charge in [-0.2, -0.15) is 0 Å². The Morgan fingerprint density at radius 2 is 2.09 bits per heavy atom. The number of nitrogens with one attached hydrogen (secondary N) is 1. The number of rotatable bonds is 4. The highest BCUT2D eigenvalue weighted by Gasteiger charge is 2.33. The SMILES string of the molecule is CC(C)N1CCC(Nc2nc(-c3ccc(F)cc3)cs2)C1=O. The Bertz CT molecular complexity index is 668. The van der Waals surface area contributed by atoms with E-state index in [2.05, 4.69) is 10.3 Å². The topological polar surface area (TPSA) is 45.2 Å². The summed E-state index contributed by atoms with van der Waals surface area (Å²) in [5, 5.41) is 5.86. The van der Waals surface area contributed by atoms with Gasteiger partial charge in [-0.05, 0) is 44.5 Å². The molecule has 1 saturated heterocycles. The molecular weight excluding hydrogens is 301 g/mol. The number of amides is 1. The van der Waals surface area contributed by atoms with Gasteiger partial charge in [0.15, 0.2) is 5.13 Å². The van der Waals surface area contributed by atoms with Gasteiger partial charge in [0.1, 0.15) is 11.9 Å². The fourth-order valence-electron chi connectivity index (χ4n) is 2.59. The molecule has 0 aliphatic carbocycles. The first kappa shape index (κ1) is 15.0. The molecule has 0 saturated carbocycles. The van der Waals surface area contributed by atoms with Gasteiger partial charge >= 0.3 is 0 Å². The molecule has 0 radical (unpaired) electrons. The van der Waals surface area contributed by atoms with Crippen LogP contribution < -0.4 is 5.32 Å². The summed E-state index contributed by atoms with van der Waals surface area (Å²) in [5.41, 5.74) is 1.66. The molecule has 2 heterocycles. The monoisotopic (exact) mass is 319 g/mol. The van der Waals surface area contributed by atoms with Crippen molar-refractivity contribution >= 4 is 22.4 Å². The van der Waals surface area contributed by atoms with Crippen molar-refractivity contribution in [2.45, 2.75) is 32.4 Å². The van der Waals surface area contributed by atoms with Crippen molar-refractivity contribution in [1.29, 1.82) is 0 Å². The second-order valence-electron chi connectivity index (χ2n) is 5.66. The van der Waals surface area contributed by atoms with Crippen LogP contribution in [0.5, 0.6) is 0 Å². The molecule has 1 aromatic heterocycles. The van der Waals surface area contributed by atoms with Crippen molar-refractivity contribution in [3.05, 3.63) is 35.5 Å². The number of likely N-dealkylation sites (tertiary alicyclic amines) is 1. The van der Waals surface area contributed by atoms with Crippen LogP contribution in [0.4, 0.5) is 9.52 Å². The predicted molar refractivity (Wildman–Crippen MR) is 86.4 cm³/mol. The standard InChI is InChI=1S/C16H18FN3OS/c1-10(2)20-8-7-13(15(20)21)18-16-19-14(9-22-16)11-3-5-12(17)6-4-11/h3-6,9-10,13H,7-8H2,1-2H3,(H,18,19). The molecule has 4 nitrogen and oxygen atoms in total. The van der Waals surface area contributed by atoms with Crippen LogP contribution in [0.25, 0.3) is 11.3 Å². The molecule has 1 fully saturated rings. The lowest BCUT2D eigenvalue weighted by Gasteiger charge is -2.20. The van der Waals surface area contributed by atoms with Crippen LogP contribution in [-0.2, 0) is 4.79 Å². The summed E-state index contributed by atoms with van der Waals surface area (Å²) in [6, 6.07) is 6.27. The van der Waals surface area contributed by atoms with Gasteiger partial charge < -0.3 is 10.2 Å². The quantitative estimate of drug-likeness (QED) is 0.940. The number of anilines is 1. The highest BCUT2D eigenvalue weighted by atomic mass is 32.1. The molecule has 1 atom stereocenters. The Hall–Kier alpha value is -1.95. The average molecular weight is 319 g/mol. The van der Waals surface area contributed by atoms with Crippen LogP contribution in [0.3, 0.4) is 0 Å². The van der Waals surface area contributed by atoms with Crippen molar-refractivity contribution < 1.29 is 9.18 Å². The molecule has 2 aromatic rings. The lowest BCUT2D eigenvalue weighted by Crippen LogP contribution is -2.37. The maximum Gasteiger partial charge on any atom is 0.245 e. The molecule has 0 spiro atoms. The van der Waals surface area contributed by atoms with Crippen LogP contribution >= 0.6 is 11.3 Å². The first-order valence-electron chi connectivity index (χ1n) is 7.33. The summed E-state index contributed by atoms with van der Waals surface area (Å²) in [6.07, 6.45) is 0.794. The Labute approximate surface area is 133 Å². The molecule has 1 amide bonds. The third-order valence-corrected chi connectivity index (χ3v) is 4.58. The van der Waals surface area contributed by atoms with Crippen LogP contribution in [-0.4, -0.2) is 34.4 Å². The molecule has 3 rings (SSSR count). The third-order valence-electron chi connectivity index (χ3n) is 3.81. The fraction of sp³-hybridized carbons (Fsp3) is 0.375. The molecular formula is C16H18FN3OS. The van der Waals surface area contributed by atoms with Gasteiger partial charge in [0.25, 0.3) is 0 Å². The Morgan fingerprint density at radius 1 is 1.36 bits per heavy atom. The molecule has 6 heteroatoms. The van der Waals surface area contributed by atoms with E-state index in [4.69, 9.17) is 0 Å². The van der Waals surface area contributed by atoms with E-state index in [0.29, 0.717) is 0 Å². The minimum absolute atomic E-state index is 0.133. The van der Waals surface area contributed by atoms with Crippen molar-refractivity contribution in [2.75, 3.05) is 11.9 Å². The Morgan fingerprint density at radius 3 is 2.73 bits per heavy atom. The summed E-state index contributed by atoms with van der Waals surface area (Å²) in [4.78, 5) is 18.6. The van der Waals surface area contributed by atoms with Crippen molar-refractivity contribution in [2.24, 2.45) is 0 Å². The summed E-state index contributed by atoms with van der Waals surface area (Å²) >= 11 is 1.46. The zero-order valence-corrected chi connectivity index (χ0v) is 13.4. The summed E-state index contributed by atoms with van der Waals surface area (Å²) < 4.78 is 13.0. The van der Waals surface area contributed by atoms with E-state index in [1.165, 1.54) is 23.5 Å². The number of hydrogen-bond donors (Lipinski definition) is 1. The number of hydrogen-bond acceptors (Lipinski definition) is 4. The maximum atomic E-state index is 13.0. The second-order valence-corrected chi connectivity index (χ2v) is 6.51. The van der Waals surface area contributed by atoms with E-state index in [-0.39, 0.29) is 23.8 Å². The summed E-state index contributed by atoms with van der Waals surface area (Å²) in [5.74, 6) is -0.129. The van der Waals surface area contributed by atoms with E-state index in [9.17, 15) is 9.18 Å². The average Bonchev–Trinajstić information content (AvgIpc) is 3.08. The largest absolute Gasteiger partial charge is 0.350 e. The second kappa shape index (κ2) is 6.04. The van der Waals surface area contributed by atoms with Crippen LogP contribution in [0.2, 0.25) is 0 Å². The highest BCUT2D eigenvalue weighted by molar-refractivity contribution is 7.14. The number of nitrogens with zero attached hydrogens (tertiary/aromatic N) is 2. The maximum absolute atomic E-state index is 13.0. The van der Waals surface area contributed by atoms with Crippen molar-refractivity contribution in [3.8, 4) is 11.3 Å². The zero-order chi connectivity index (χ0) is 15.7. The smallest absolute Gasteiger partial charge is 0.245 e. The van der Waals surface area contributed by atoms with Crippen LogP contribution in [0, 0.1) is 5.82 Å². The van der Waals surface area contributed by atoms with E-state index < -0.39 is 0 Å². The van der Waals surface area contributed by atoms with Gasteiger partial charge in [0.2, 0.25) is 5.91 Å². The van der Waals surface area contributed by atoms with Gasteiger partial charge in [-0.25, -0.2) is 9.37 Å². The molecule has 116 valence electrons. The number of thiazole rings is 1. The van der Waals surface area contributed by atoms with E-state index in [1.54, 1.807) is 12.1 Å². The summed E-state index contributed by atoms with van der Waals surface area (Å²) in [6.45, 7) is 4.83. The van der Waals surface area contributed by atoms with Gasteiger partial charge in [0.05, 0.1) is 5.69 Å². The molecule has 1 aliphatic rings. The van der Waals surface area contributed by atoms with Gasteiger partial charge in [-0.1, -0.05) is 0 Å². The van der Waals surface area contributed by atoms with E-state index in [0.717, 1.165) is 29.4 Å². The van der Waals surface area contributed by atoms with Crippen molar-refractivity contribution in [3.63, 3.8) is 0 Å². The molecule has 0 bridgehead atoms. The van der Waals surface area contributed by atoms with Gasteiger partial charge in [-0.3, -0.25) is 4.79 Å². The first-order valence-corrected chi connectivity index (χ1v) is 8.21. The number of carbonyl (C=O) groups excluding carboxylic acids is 1. The highest BCUT2D eigenvalue weighted by Crippen LogP contribution is 2.27. The van der Waals surface area contributed by atoms with Crippen LogP contribution in [0.15, 0.2) is 29.6 Å². The normalized spacial score (nSPS) is 18.3. The molecule has 1 unspecified atom stereocenters. The van der Waals surface area contributed by atoms with E-state index >= 15 is 0 Å².